The first-order valence-corrected chi connectivity index (χ1v) is 8.57. The molecule has 0 aliphatic heterocycles. The summed E-state index contributed by atoms with van der Waals surface area (Å²) in [6, 6.07) is 0. The van der Waals surface area contributed by atoms with Crippen molar-refractivity contribution in [1.29, 1.82) is 0 Å². The van der Waals surface area contributed by atoms with Gasteiger partial charge in [0.25, 0.3) is 0 Å². The summed E-state index contributed by atoms with van der Waals surface area (Å²) in [6.45, 7) is 0. The molecule has 0 heterocycles. The number of thioether (sulfide) groups is 2. The molecule has 5 nitrogen and oxygen atoms in total. The first-order valence-electron chi connectivity index (χ1n) is 6.48. The van der Waals surface area contributed by atoms with E-state index in [-0.39, 0.29) is 28.2 Å². The van der Waals surface area contributed by atoms with E-state index >= 15 is 0 Å². The molecule has 114 valence electrons. The summed E-state index contributed by atoms with van der Waals surface area (Å²) in [5.74, 6) is 1.03. The van der Waals surface area contributed by atoms with E-state index in [0.717, 1.165) is 6.42 Å². The molecule has 0 aromatic rings. The lowest BCUT2D eigenvalue weighted by molar-refractivity contribution is -0.141. The predicted octanol–water partition coefficient (Wildman–Crippen LogP) is 1.68. The summed E-state index contributed by atoms with van der Waals surface area (Å²) >= 11 is 3.17. The lowest BCUT2D eigenvalue weighted by Crippen LogP contribution is -2.21. The maximum absolute atomic E-state index is 11.8. The fourth-order valence-electron chi connectivity index (χ4n) is 1.92. The lowest BCUT2D eigenvalue weighted by atomic mass is 10.3. The SMILES string of the molecule is COC(=O)CCSC1CCC(=O)C1SCCC(=O)OC. The third-order valence-electron chi connectivity index (χ3n) is 3.03. The molecule has 0 bridgehead atoms. The maximum Gasteiger partial charge on any atom is 0.306 e. The second-order valence-corrected chi connectivity index (χ2v) is 6.95. The van der Waals surface area contributed by atoms with Crippen LogP contribution in [0.4, 0.5) is 0 Å². The largest absolute Gasteiger partial charge is 0.469 e. The number of hydrogen-bond acceptors (Lipinski definition) is 7. The van der Waals surface area contributed by atoms with Crippen molar-refractivity contribution in [3.8, 4) is 0 Å². The summed E-state index contributed by atoms with van der Waals surface area (Å²) < 4.78 is 9.17. The number of carbonyl (C=O) groups excluding carboxylic acids is 3. The Labute approximate surface area is 127 Å². The van der Waals surface area contributed by atoms with Gasteiger partial charge in [0.05, 0.1) is 32.3 Å². The Morgan fingerprint density at radius 1 is 1.10 bits per heavy atom. The highest BCUT2D eigenvalue weighted by Gasteiger charge is 2.35. The standard InChI is InChI=1S/C13H20O5S2/c1-17-11(15)5-7-19-10-4-3-9(14)13(10)20-8-6-12(16)18-2/h10,13H,3-8H2,1-2H3. The lowest BCUT2D eigenvalue weighted by Gasteiger charge is -2.17. The van der Waals surface area contributed by atoms with Crippen LogP contribution in [0.5, 0.6) is 0 Å². The van der Waals surface area contributed by atoms with Crippen molar-refractivity contribution in [3.05, 3.63) is 0 Å². The average molecular weight is 320 g/mol. The average Bonchev–Trinajstić information content (AvgIpc) is 2.79. The third kappa shape index (κ3) is 5.75. The van der Waals surface area contributed by atoms with E-state index in [2.05, 4.69) is 9.47 Å². The predicted molar refractivity (Wildman–Crippen MR) is 80.0 cm³/mol. The molecule has 0 spiro atoms. The molecule has 1 rings (SSSR count). The Kier molecular flexibility index (Phi) is 8.06. The van der Waals surface area contributed by atoms with E-state index in [1.165, 1.54) is 26.0 Å². The van der Waals surface area contributed by atoms with Crippen molar-refractivity contribution in [2.45, 2.75) is 36.2 Å². The second kappa shape index (κ2) is 9.28. The molecule has 1 aliphatic carbocycles. The van der Waals surface area contributed by atoms with Crippen LogP contribution in [0.3, 0.4) is 0 Å². The van der Waals surface area contributed by atoms with Crippen LogP contribution in [-0.2, 0) is 23.9 Å². The Balaban J connectivity index is 2.32. The molecule has 7 heteroatoms. The Bertz CT molecular complexity index is 359. The molecule has 2 unspecified atom stereocenters. The Morgan fingerprint density at radius 3 is 2.20 bits per heavy atom. The van der Waals surface area contributed by atoms with Crippen LogP contribution in [0, 0.1) is 0 Å². The van der Waals surface area contributed by atoms with Gasteiger partial charge in [-0.2, -0.15) is 11.8 Å². The number of esters is 2. The molecule has 0 radical (unpaired) electrons. The number of carbonyl (C=O) groups is 3. The first kappa shape index (κ1) is 17.4. The number of ketones is 1. The van der Waals surface area contributed by atoms with Gasteiger partial charge < -0.3 is 9.47 Å². The maximum atomic E-state index is 11.8. The van der Waals surface area contributed by atoms with E-state index in [9.17, 15) is 14.4 Å². The van der Waals surface area contributed by atoms with Crippen LogP contribution in [0.15, 0.2) is 0 Å². The summed E-state index contributed by atoms with van der Waals surface area (Å²) in [4.78, 5) is 33.9. The van der Waals surface area contributed by atoms with Crippen LogP contribution >= 0.6 is 23.5 Å². The van der Waals surface area contributed by atoms with Gasteiger partial charge in [-0.15, -0.1) is 11.8 Å². The number of methoxy groups -OCH3 is 2. The van der Waals surface area contributed by atoms with Crippen molar-refractivity contribution in [1.82, 2.24) is 0 Å². The van der Waals surface area contributed by atoms with Crippen LogP contribution < -0.4 is 0 Å². The summed E-state index contributed by atoms with van der Waals surface area (Å²) in [5, 5.41) is 0.164. The third-order valence-corrected chi connectivity index (χ3v) is 5.97. The van der Waals surface area contributed by atoms with E-state index in [0.29, 0.717) is 30.8 Å². The Morgan fingerprint density at radius 2 is 1.65 bits per heavy atom. The zero-order valence-corrected chi connectivity index (χ0v) is 13.4. The molecular weight excluding hydrogens is 300 g/mol. The van der Waals surface area contributed by atoms with Gasteiger partial charge in [-0.05, 0) is 6.42 Å². The molecule has 0 N–H and O–H groups in total. The molecule has 1 fully saturated rings. The fraction of sp³-hybridized carbons (Fsp3) is 0.769. The van der Waals surface area contributed by atoms with Crippen LogP contribution in [-0.4, -0.2) is 53.9 Å². The van der Waals surface area contributed by atoms with E-state index in [1.807, 2.05) is 0 Å². The number of Topliss-reactive ketones (excluding diaryl/α,β-unsaturated/α-hetero) is 1. The highest BCUT2D eigenvalue weighted by Crippen LogP contribution is 2.36. The van der Waals surface area contributed by atoms with Crippen molar-refractivity contribution < 1.29 is 23.9 Å². The molecule has 2 atom stereocenters. The van der Waals surface area contributed by atoms with Gasteiger partial charge in [-0.3, -0.25) is 14.4 Å². The Hall–Kier alpha value is -0.690. The van der Waals surface area contributed by atoms with Crippen molar-refractivity contribution in [3.63, 3.8) is 0 Å². The van der Waals surface area contributed by atoms with Gasteiger partial charge in [-0.1, -0.05) is 0 Å². The molecule has 1 saturated carbocycles. The van der Waals surface area contributed by atoms with Crippen molar-refractivity contribution in [2.24, 2.45) is 0 Å². The highest BCUT2D eigenvalue weighted by atomic mass is 32.2. The molecule has 0 aromatic carbocycles. The smallest absolute Gasteiger partial charge is 0.306 e. The summed E-state index contributed by atoms with van der Waals surface area (Å²) in [7, 11) is 2.73. The van der Waals surface area contributed by atoms with Gasteiger partial charge in [0.15, 0.2) is 0 Å². The van der Waals surface area contributed by atoms with Crippen molar-refractivity contribution in [2.75, 3.05) is 25.7 Å². The normalized spacial score (nSPS) is 21.8. The summed E-state index contributed by atoms with van der Waals surface area (Å²) in [5.41, 5.74) is 0. The van der Waals surface area contributed by atoms with E-state index in [1.54, 1.807) is 11.8 Å². The fourth-order valence-corrected chi connectivity index (χ4v) is 4.79. The molecule has 0 saturated heterocycles. The second-order valence-electron chi connectivity index (χ2n) is 4.36. The van der Waals surface area contributed by atoms with Gasteiger partial charge in [-0.25, -0.2) is 0 Å². The molecule has 20 heavy (non-hydrogen) atoms. The van der Waals surface area contributed by atoms with E-state index in [4.69, 9.17) is 0 Å². The first-order chi connectivity index (χ1) is 9.58. The van der Waals surface area contributed by atoms with Crippen molar-refractivity contribution >= 4 is 41.2 Å². The van der Waals surface area contributed by atoms with Gasteiger partial charge in [0, 0.05) is 23.2 Å². The zero-order valence-electron chi connectivity index (χ0n) is 11.8. The van der Waals surface area contributed by atoms with Gasteiger partial charge in [0.2, 0.25) is 0 Å². The number of hydrogen-bond donors (Lipinski definition) is 0. The highest BCUT2D eigenvalue weighted by molar-refractivity contribution is 8.04. The summed E-state index contributed by atoms with van der Waals surface area (Å²) in [6.07, 6.45) is 2.13. The number of rotatable bonds is 8. The van der Waals surface area contributed by atoms with Crippen LogP contribution in [0.1, 0.15) is 25.7 Å². The van der Waals surface area contributed by atoms with Crippen LogP contribution in [0.25, 0.3) is 0 Å². The molecule has 0 aromatic heterocycles. The minimum absolute atomic E-state index is 0.0673. The molecule has 1 aliphatic rings. The van der Waals surface area contributed by atoms with Crippen LogP contribution in [0.2, 0.25) is 0 Å². The monoisotopic (exact) mass is 320 g/mol. The topological polar surface area (TPSA) is 69.7 Å². The molecule has 0 amide bonds. The van der Waals surface area contributed by atoms with Gasteiger partial charge >= 0.3 is 11.9 Å². The minimum Gasteiger partial charge on any atom is -0.469 e. The van der Waals surface area contributed by atoms with E-state index < -0.39 is 0 Å². The minimum atomic E-state index is -0.252. The quantitative estimate of drug-likeness (QED) is 0.630. The van der Waals surface area contributed by atoms with Gasteiger partial charge in [0.1, 0.15) is 5.78 Å². The number of ether oxygens (including phenoxy) is 2. The zero-order chi connectivity index (χ0) is 15.0. The molecular formula is C13H20O5S2.